The second-order valence-corrected chi connectivity index (χ2v) is 8.70. The van der Waals surface area contributed by atoms with Crippen LogP contribution < -0.4 is 27.4 Å². The van der Waals surface area contributed by atoms with Gasteiger partial charge < -0.3 is 37.4 Å². The van der Waals surface area contributed by atoms with Gasteiger partial charge in [0.2, 0.25) is 0 Å². The molecule has 0 aliphatic carbocycles. The molecular formula is C22H34N6O. The van der Waals surface area contributed by atoms with Crippen LogP contribution in [0, 0.1) is 5.92 Å². The van der Waals surface area contributed by atoms with Crippen molar-refractivity contribution < 1.29 is 5.11 Å². The summed E-state index contributed by atoms with van der Waals surface area (Å²) >= 11 is 0. The number of hydrogen-bond donors (Lipinski definition) is 6. The molecule has 3 aliphatic rings. The van der Waals surface area contributed by atoms with Gasteiger partial charge in [0.1, 0.15) is 11.6 Å². The molecule has 0 saturated carbocycles. The molecular weight excluding hydrogens is 364 g/mol. The quantitative estimate of drug-likeness (QED) is 0.446. The van der Waals surface area contributed by atoms with Crippen LogP contribution in [0.4, 0.5) is 0 Å². The van der Waals surface area contributed by atoms with E-state index in [1.54, 1.807) is 12.1 Å². The van der Waals surface area contributed by atoms with Gasteiger partial charge in [-0.05, 0) is 62.9 Å². The summed E-state index contributed by atoms with van der Waals surface area (Å²) in [5, 5.41) is 20.6. The van der Waals surface area contributed by atoms with Gasteiger partial charge in [-0.1, -0.05) is 12.1 Å². The summed E-state index contributed by atoms with van der Waals surface area (Å²) in [6.07, 6.45) is 6.57. The minimum absolute atomic E-state index is 0.00165. The topological polar surface area (TPSA) is 112 Å². The molecule has 0 radical (unpaired) electrons. The fourth-order valence-electron chi connectivity index (χ4n) is 4.72. The molecule has 3 heterocycles. The number of nitrogens with two attached hydrogens (primary N) is 2. The number of aromatic hydroxyl groups is 1. The minimum atomic E-state index is -0.00165. The minimum Gasteiger partial charge on any atom is -0.507 e. The van der Waals surface area contributed by atoms with Crippen LogP contribution >= 0.6 is 0 Å². The molecule has 29 heavy (non-hydrogen) atoms. The zero-order valence-corrected chi connectivity index (χ0v) is 17.1. The van der Waals surface area contributed by atoms with Crippen LogP contribution in [0.5, 0.6) is 5.75 Å². The van der Waals surface area contributed by atoms with Crippen molar-refractivity contribution in [1.82, 2.24) is 20.9 Å². The van der Waals surface area contributed by atoms with E-state index in [0.29, 0.717) is 17.1 Å². The normalized spacial score (nSPS) is 23.7. The maximum Gasteiger partial charge on any atom is 0.124 e. The molecule has 3 aliphatic heterocycles. The second kappa shape index (κ2) is 8.55. The van der Waals surface area contributed by atoms with Crippen LogP contribution in [0.25, 0.3) is 5.70 Å². The van der Waals surface area contributed by atoms with Crippen LogP contribution in [0.3, 0.4) is 0 Å². The first kappa shape index (κ1) is 19.9. The molecule has 0 aromatic heterocycles. The fraction of sp³-hybridized carbons (Fsp3) is 0.545. The van der Waals surface area contributed by atoms with Crippen LogP contribution in [0.1, 0.15) is 31.2 Å². The monoisotopic (exact) mass is 398 g/mol. The van der Waals surface area contributed by atoms with Gasteiger partial charge in [-0.15, -0.1) is 0 Å². The van der Waals surface area contributed by atoms with Gasteiger partial charge in [-0.3, -0.25) is 0 Å². The molecule has 4 rings (SSSR count). The molecule has 7 nitrogen and oxygen atoms in total. The predicted octanol–water partition coefficient (Wildman–Crippen LogP) is 0.847. The zero-order valence-electron chi connectivity index (χ0n) is 17.1. The predicted molar refractivity (Wildman–Crippen MR) is 117 cm³/mol. The number of nitrogens with one attached hydrogen (secondary N) is 3. The van der Waals surface area contributed by atoms with E-state index in [2.05, 4.69) is 20.9 Å². The number of benzene rings is 1. The van der Waals surface area contributed by atoms with Crippen molar-refractivity contribution in [2.75, 3.05) is 39.3 Å². The molecule has 2 fully saturated rings. The first-order chi connectivity index (χ1) is 14.0. The van der Waals surface area contributed by atoms with Crippen molar-refractivity contribution in [3.8, 4) is 5.75 Å². The molecule has 0 bridgehead atoms. The molecule has 1 aromatic carbocycles. The highest BCUT2D eigenvalue weighted by molar-refractivity contribution is 5.70. The van der Waals surface area contributed by atoms with Gasteiger partial charge >= 0.3 is 0 Å². The van der Waals surface area contributed by atoms with E-state index in [1.165, 1.54) is 19.4 Å². The van der Waals surface area contributed by atoms with Crippen molar-refractivity contribution in [1.29, 1.82) is 0 Å². The molecule has 1 aromatic rings. The van der Waals surface area contributed by atoms with Crippen LogP contribution in [0.2, 0.25) is 0 Å². The number of allylic oxidation sites excluding steroid dienone is 1. The van der Waals surface area contributed by atoms with E-state index in [-0.39, 0.29) is 11.3 Å². The Hall–Kier alpha value is -2.38. The standard InChI is InChI=1S/C22H34N6O/c23-18(17-3-1-2-4-20(17)29)13-19-21(24)26-15-22(27-19)7-11-28(12-8-22)14-16-5-9-25-10-6-16/h1-4,13,16,25-27,29H,5-12,14-15,23-24H2/b18-13-. The summed E-state index contributed by atoms with van der Waals surface area (Å²) in [7, 11) is 0. The van der Waals surface area contributed by atoms with Crippen molar-refractivity contribution in [2.45, 2.75) is 31.2 Å². The van der Waals surface area contributed by atoms with Crippen LogP contribution in [-0.2, 0) is 0 Å². The molecule has 2 saturated heterocycles. The molecule has 0 amide bonds. The van der Waals surface area contributed by atoms with Gasteiger partial charge in [0, 0.05) is 37.4 Å². The third-order valence-electron chi connectivity index (χ3n) is 6.61. The number of nitrogens with zero attached hydrogens (tertiary/aromatic N) is 1. The lowest BCUT2D eigenvalue weighted by Crippen LogP contribution is -2.61. The van der Waals surface area contributed by atoms with Crippen molar-refractivity contribution in [3.63, 3.8) is 0 Å². The van der Waals surface area contributed by atoms with Crippen molar-refractivity contribution in [3.05, 3.63) is 47.4 Å². The van der Waals surface area contributed by atoms with Gasteiger partial charge in [0.05, 0.1) is 11.2 Å². The van der Waals surface area contributed by atoms with E-state index < -0.39 is 0 Å². The molecule has 0 atom stereocenters. The highest BCUT2D eigenvalue weighted by Gasteiger charge is 2.38. The van der Waals surface area contributed by atoms with Crippen molar-refractivity contribution in [2.24, 2.45) is 17.4 Å². The molecule has 158 valence electrons. The summed E-state index contributed by atoms with van der Waals surface area (Å²) < 4.78 is 0. The Kier molecular flexibility index (Phi) is 5.87. The average molecular weight is 399 g/mol. The van der Waals surface area contributed by atoms with E-state index >= 15 is 0 Å². The van der Waals surface area contributed by atoms with E-state index in [4.69, 9.17) is 11.5 Å². The molecule has 8 N–H and O–H groups in total. The maximum atomic E-state index is 10.1. The third kappa shape index (κ3) is 4.62. The highest BCUT2D eigenvalue weighted by atomic mass is 16.3. The van der Waals surface area contributed by atoms with Gasteiger partial charge in [0.15, 0.2) is 0 Å². The first-order valence-corrected chi connectivity index (χ1v) is 10.8. The van der Waals surface area contributed by atoms with Crippen LogP contribution in [0.15, 0.2) is 41.9 Å². The Labute approximate surface area is 173 Å². The van der Waals surface area contributed by atoms with Crippen LogP contribution in [-0.4, -0.2) is 54.8 Å². The summed E-state index contributed by atoms with van der Waals surface area (Å²) in [4.78, 5) is 2.62. The van der Waals surface area contributed by atoms with E-state index in [1.807, 2.05) is 18.2 Å². The Morgan fingerprint density at radius 2 is 1.93 bits per heavy atom. The molecule has 0 unspecified atom stereocenters. The second-order valence-electron chi connectivity index (χ2n) is 8.70. The number of piperidine rings is 2. The summed E-state index contributed by atoms with van der Waals surface area (Å²) in [5.41, 5.74) is 14.4. The summed E-state index contributed by atoms with van der Waals surface area (Å²) in [5.74, 6) is 1.60. The first-order valence-electron chi connectivity index (χ1n) is 10.8. The Morgan fingerprint density at radius 3 is 2.66 bits per heavy atom. The average Bonchev–Trinajstić information content (AvgIpc) is 2.74. The smallest absolute Gasteiger partial charge is 0.124 e. The summed E-state index contributed by atoms with van der Waals surface area (Å²) in [6, 6.07) is 7.09. The van der Waals surface area contributed by atoms with Gasteiger partial charge in [-0.25, -0.2) is 0 Å². The zero-order chi connectivity index (χ0) is 20.3. The van der Waals surface area contributed by atoms with Gasteiger partial charge in [0.25, 0.3) is 0 Å². The lowest BCUT2D eigenvalue weighted by Gasteiger charge is -2.46. The lowest BCUT2D eigenvalue weighted by atomic mass is 9.85. The maximum absolute atomic E-state index is 10.1. The number of likely N-dealkylation sites (tertiary alicyclic amines) is 1. The fourth-order valence-corrected chi connectivity index (χ4v) is 4.72. The lowest BCUT2D eigenvalue weighted by molar-refractivity contribution is 0.115. The number of rotatable bonds is 4. The Morgan fingerprint density at radius 1 is 1.21 bits per heavy atom. The Balaban J connectivity index is 1.40. The van der Waals surface area contributed by atoms with Gasteiger partial charge in [-0.2, -0.15) is 0 Å². The largest absolute Gasteiger partial charge is 0.507 e. The SMILES string of the molecule is NC1=C(/C=C(\N)c2ccccc2O)NC2(CCN(CC3CCNCC3)CC2)CN1. The number of phenols is 1. The number of phenolic OH excluding ortho intramolecular Hbond substituents is 1. The van der Waals surface area contributed by atoms with E-state index in [9.17, 15) is 5.11 Å². The van der Waals surface area contributed by atoms with E-state index in [0.717, 1.165) is 57.2 Å². The highest BCUT2D eigenvalue weighted by Crippen LogP contribution is 2.29. The Bertz CT molecular complexity index is 775. The van der Waals surface area contributed by atoms with Crippen molar-refractivity contribution >= 4 is 5.70 Å². The number of para-hydroxylation sites is 1. The summed E-state index contributed by atoms with van der Waals surface area (Å²) in [6.45, 7) is 6.57. The molecule has 7 heteroatoms. The molecule has 1 spiro atoms. The number of hydrogen-bond acceptors (Lipinski definition) is 7. The third-order valence-corrected chi connectivity index (χ3v) is 6.61.